The molecule has 3 nitrogen and oxygen atoms in total. The fraction of sp³-hybridized carbons (Fsp3) is 0.562. The van der Waals surface area contributed by atoms with E-state index in [0.29, 0.717) is 17.8 Å². The lowest BCUT2D eigenvalue weighted by atomic mass is 9.92. The van der Waals surface area contributed by atoms with Crippen LogP contribution in [0.5, 0.6) is 0 Å². The molecule has 1 saturated carbocycles. The molecule has 5 heteroatoms. The van der Waals surface area contributed by atoms with E-state index in [-0.39, 0.29) is 18.3 Å². The molecule has 0 radical (unpaired) electrons. The molecule has 0 aromatic heterocycles. The average Bonchev–Trinajstić information content (AvgIpc) is 2.42. The number of nitrogens with two attached hydrogens (primary N) is 1. The Morgan fingerprint density at radius 3 is 2.62 bits per heavy atom. The molecule has 1 aliphatic rings. The minimum atomic E-state index is 0. The van der Waals surface area contributed by atoms with Crippen LogP contribution in [0.15, 0.2) is 23.1 Å². The van der Waals surface area contributed by atoms with Gasteiger partial charge in [0.15, 0.2) is 0 Å². The van der Waals surface area contributed by atoms with Crippen LogP contribution in [0.25, 0.3) is 0 Å². The largest absolute Gasteiger partial charge is 0.353 e. The molecule has 1 aliphatic carbocycles. The number of aryl methyl sites for hydroxylation is 2. The molecule has 0 spiro atoms. The van der Waals surface area contributed by atoms with Crippen molar-refractivity contribution in [2.75, 3.05) is 5.75 Å². The van der Waals surface area contributed by atoms with Gasteiger partial charge in [-0.15, -0.1) is 24.2 Å². The summed E-state index contributed by atoms with van der Waals surface area (Å²) in [6.45, 7) is 4.16. The maximum atomic E-state index is 12.0. The zero-order chi connectivity index (χ0) is 14.5. The van der Waals surface area contributed by atoms with E-state index in [4.69, 9.17) is 5.73 Å². The number of amides is 1. The van der Waals surface area contributed by atoms with Gasteiger partial charge >= 0.3 is 0 Å². The van der Waals surface area contributed by atoms with Gasteiger partial charge in [-0.3, -0.25) is 4.79 Å². The number of hydrogen-bond donors (Lipinski definition) is 2. The van der Waals surface area contributed by atoms with E-state index in [2.05, 4.69) is 37.4 Å². The van der Waals surface area contributed by atoms with E-state index in [1.165, 1.54) is 16.0 Å². The quantitative estimate of drug-likeness (QED) is 0.834. The van der Waals surface area contributed by atoms with Crippen molar-refractivity contribution < 1.29 is 4.79 Å². The minimum Gasteiger partial charge on any atom is -0.353 e. The molecule has 2 rings (SSSR count). The summed E-state index contributed by atoms with van der Waals surface area (Å²) in [5, 5.41) is 3.13. The number of hydrogen-bond acceptors (Lipinski definition) is 3. The smallest absolute Gasteiger partial charge is 0.230 e. The Morgan fingerprint density at radius 2 is 1.95 bits per heavy atom. The minimum absolute atomic E-state index is 0. The monoisotopic (exact) mass is 328 g/mol. The van der Waals surface area contributed by atoms with Crippen molar-refractivity contribution >= 4 is 30.1 Å². The normalized spacial score (nSPS) is 21.5. The summed E-state index contributed by atoms with van der Waals surface area (Å²) in [4.78, 5) is 13.2. The van der Waals surface area contributed by atoms with Crippen LogP contribution in [0, 0.1) is 13.8 Å². The molecule has 118 valence electrons. The van der Waals surface area contributed by atoms with Crippen molar-refractivity contribution in [2.45, 2.75) is 56.5 Å². The number of nitrogens with one attached hydrogen (secondary N) is 1. The van der Waals surface area contributed by atoms with Crippen LogP contribution in [0.4, 0.5) is 0 Å². The van der Waals surface area contributed by atoms with Gasteiger partial charge < -0.3 is 11.1 Å². The lowest BCUT2D eigenvalue weighted by Gasteiger charge is -2.26. The predicted molar refractivity (Wildman–Crippen MR) is 92.3 cm³/mol. The molecule has 0 aliphatic heterocycles. The molecule has 3 N–H and O–H groups in total. The maximum absolute atomic E-state index is 12.0. The van der Waals surface area contributed by atoms with Crippen LogP contribution < -0.4 is 11.1 Å². The zero-order valence-corrected chi connectivity index (χ0v) is 14.4. The summed E-state index contributed by atoms with van der Waals surface area (Å²) >= 11 is 1.62. The van der Waals surface area contributed by atoms with E-state index < -0.39 is 0 Å². The molecular weight excluding hydrogens is 304 g/mol. The Balaban J connectivity index is 0.00000220. The van der Waals surface area contributed by atoms with Gasteiger partial charge in [0, 0.05) is 17.0 Å². The molecule has 21 heavy (non-hydrogen) atoms. The van der Waals surface area contributed by atoms with Crippen LogP contribution >= 0.6 is 24.2 Å². The number of thioether (sulfide) groups is 1. The fourth-order valence-corrected chi connectivity index (χ4v) is 3.47. The number of carbonyl (C=O) groups is 1. The van der Waals surface area contributed by atoms with Gasteiger partial charge in [-0.25, -0.2) is 0 Å². The van der Waals surface area contributed by atoms with Crippen molar-refractivity contribution in [1.29, 1.82) is 0 Å². The zero-order valence-electron chi connectivity index (χ0n) is 12.7. The molecule has 0 unspecified atom stereocenters. The fourth-order valence-electron chi connectivity index (χ4n) is 2.54. The highest BCUT2D eigenvalue weighted by molar-refractivity contribution is 8.00. The van der Waals surface area contributed by atoms with Gasteiger partial charge in [0.25, 0.3) is 0 Å². The van der Waals surface area contributed by atoms with Crippen LogP contribution in [-0.4, -0.2) is 23.7 Å². The highest BCUT2D eigenvalue weighted by Crippen LogP contribution is 2.23. The number of halogens is 1. The third-order valence-corrected chi connectivity index (χ3v) is 5.00. The summed E-state index contributed by atoms with van der Waals surface area (Å²) in [6.07, 6.45) is 4.08. The first-order chi connectivity index (χ1) is 9.54. The summed E-state index contributed by atoms with van der Waals surface area (Å²) in [5.74, 6) is 0.628. The number of benzene rings is 1. The van der Waals surface area contributed by atoms with Gasteiger partial charge in [-0.05, 0) is 51.2 Å². The second-order valence-corrected chi connectivity index (χ2v) is 6.75. The molecule has 1 aromatic rings. The first-order valence-electron chi connectivity index (χ1n) is 7.29. The standard InChI is InChI=1S/C16H24N2OS.ClH/c1-11-3-4-12(2)15(9-11)20-10-16(19)18-14-7-5-13(17)6-8-14;/h3-4,9,13-14H,5-8,10,17H2,1-2H3,(H,18,19);1H. The molecule has 1 fully saturated rings. The predicted octanol–water partition coefficient (Wildman–Crippen LogP) is 3.20. The van der Waals surface area contributed by atoms with E-state index >= 15 is 0 Å². The highest BCUT2D eigenvalue weighted by Gasteiger charge is 2.19. The Hall–Kier alpha value is -0.710. The van der Waals surface area contributed by atoms with Gasteiger partial charge in [-0.1, -0.05) is 17.7 Å². The topological polar surface area (TPSA) is 55.1 Å². The second kappa shape index (κ2) is 8.66. The lowest BCUT2D eigenvalue weighted by Crippen LogP contribution is -2.41. The molecule has 0 saturated heterocycles. The summed E-state index contributed by atoms with van der Waals surface area (Å²) in [7, 11) is 0. The van der Waals surface area contributed by atoms with E-state index in [1.54, 1.807) is 11.8 Å². The Morgan fingerprint density at radius 1 is 1.29 bits per heavy atom. The van der Waals surface area contributed by atoms with Crippen molar-refractivity contribution in [3.63, 3.8) is 0 Å². The van der Waals surface area contributed by atoms with Gasteiger partial charge in [0.1, 0.15) is 0 Å². The van der Waals surface area contributed by atoms with Crippen LogP contribution in [0.2, 0.25) is 0 Å². The van der Waals surface area contributed by atoms with Gasteiger partial charge in [-0.2, -0.15) is 0 Å². The SMILES string of the molecule is Cc1ccc(C)c(SCC(=O)NC2CCC(N)CC2)c1.Cl. The molecular formula is C16H25ClN2OS. The third-order valence-electron chi connectivity index (χ3n) is 3.84. The third kappa shape index (κ3) is 5.89. The van der Waals surface area contributed by atoms with E-state index in [9.17, 15) is 4.79 Å². The number of carbonyl (C=O) groups excluding carboxylic acids is 1. The van der Waals surface area contributed by atoms with Crippen molar-refractivity contribution in [2.24, 2.45) is 5.73 Å². The average molecular weight is 329 g/mol. The maximum Gasteiger partial charge on any atom is 0.230 e. The molecule has 0 atom stereocenters. The molecule has 1 amide bonds. The van der Waals surface area contributed by atoms with Crippen molar-refractivity contribution in [3.05, 3.63) is 29.3 Å². The van der Waals surface area contributed by atoms with Crippen LogP contribution in [0.3, 0.4) is 0 Å². The number of rotatable bonds is 4. The molecule has 0 bridgehead atoms. The van der Waals surface area contributed by atoms with Crippen LogP contribution in [0.1, 0.15) is 36.8 Å². The molecule has 1 aromatic carbocycles. The summed E-state index contributed by atoms with van der Waals surface area (Å²) in [6, 6.07) is 7.00. The Kier molecular flexibility index (Phi) is 7.57. The first-order valence-corrected chi connectivity index (χ1v) is 8.28. The summed E-state index contributed by atoms with van der Waals surface area (Å²) < 4.78 is 0. The lowest BCUT2D eigenvalue weighted by molar-refractivity contribution is -0.119. The molecule has 0 heterocycles. The van der Waals surface area contributed by atoms with Crippen molar-refractivity contribution in [1.82, 2.24) is 5.32 Å². The Bertz CT molecular complexity index is 473. The van der Waals surface area contributed by atoms with Gasteiger partial charge in [0.2, 0.25) is 5.91 Å². The summed E-state index contributed by atoms with van der Waals surface area (Å²) in [5.41, 5.74) is 8.35. The van der Waals surface area contributed by atoms with Crippen molar-refractivity contribution in [3.8, 4) is 0 Å². The second-order valence-electron chi connectivity index (χ2n) is 5.74. The van der Waals surface area contributed by atoms with Gasteiger partial charge in [0.05, 0.1) is 5.75 Å². The van der Waals surface area contributed by atoms with E-state index in [1.807, 2.05) is 0 Å². The first kappa shape index (κ1) is 18.3. The van der Waals surface area contributed by atoms with E-state index in [0.717, 1.165) is 25.7 Å². The van der Waals surface area contributed by atoms with Crippen LogP contribution in [-0.2, 0) is 4.79 Å². The Labute approximate surface area is 137 Å². The highest BCUT2D eigenvalue weighted by atomic mass is 35.5.